The summed E-state index contributed by atoms with van der Waals surface area (Å²) >= 11 is 9.41. The normalized spacial score (nSPS) is 12.4. The van der Waals surface area contributed by atoms with Crippen molar-refractivity contribution < 1.29 is 10.2 Å². The molecule has 0 aliphatic heterocycles. The Bertz CT molecular complexity index is 602. The van der Waals surface area contributed by atoms with Crippen LogP contribution in [-0.4, -0.2) is 16.8 Å². The number of hydrogen-bond donors (Lipinski definition) is 3. The van der Waals surface area contributed by atoms with Gasteiger partial charge in [0.25, 0.3) is 0 Å². The predicted octanol–water partition coefficient (Wildman–Crippen LogP) is 3.30. The summed E-state index contributed by atoms with van der Waals surface area (Å²) in [5.74, 6) is 0. The molecule has 1 unspecified atom stereocenters. The van der Waals surface area contributed by atoms with E-state index in [4.69, 9.17) is 22.4 Å². The van der Waals surface area contributed by atoms with E-state index < -0.39 is 6.10 Å². The third-order valence-electron chi connectivity index (χ3n) is 3.12. The maximum Gasteiger partial charge on any atom is 0.106 e. The van der Waals surface area contributed by atoms with Crippen LogP contribution in [0.3, 0.4) is 0 Å². The molecule has 0 radical (unpaired) electrons. The molecule has 0 aromatic heterocycles. The zero-order valence-electron chi connectivity index (χ0n) is 10.7. The first-order valence-electron chi connectivity index (χ1n) is 6.15. The first kappa shape index (κ1) is 15.3. The molecule has 1 atom stereocenters. The van der Waals surface area contributed by atoms with Crippen molar-refractivity contribution in [1.82, 2.24) is 0 Å². The second-order valence-corrected chi connectivity index (χ2v) is 5.85. The summed E-state index contributed by atoms with van der Waals surface area (Å²) < 4.78 is 0.938. The Morgan fingerprint density at radius 2 is 1.85 bits per heavy atom. The van der Waals surface area contributed by atoms with Crippen LogP contribution in [0.25, 0.3) is 0 Å². The van der Waals surface area contributed by atoms with Crippen molar-refractivity contribution in [3.8, 4) is 0 Å². The lowest BCUT2D eigenvalue weighted by atomic mass is 9.96. The molecule has 106 valence electrons. The largest absolute Gasteiger partial charge is 0.398 e. The van der Waals surface area contributed by atoms with Gasteiger partial charge in [0.2, 0.25) is 0 Å². The molecule has 0 heterocycles. The van der Waals surface area contributed by atoms with E-state index in [9.17, 15) is 5.11 Å². The molecule has 0 aliphatic rings. The number of nitrogen functional groups attached to an aromatic ring is 1. The summed E-state index contributed by atoms with van der Waals surface area (Å²) in [5, 5.41) is 20.0. The zero-order valence-corrected chi connectivity index (χ0v) is 13.0. The number of rotatable bonds is 4. The molecule has 4 N–H and O–H groups in total. The van der Waals surface area contributed by atoms with E-state index in [2.05, 4.69) is 15.9 Å². The Kier molecular flexibility index (Phi) is 5.05. The topological polar surface area (TPSA) is 66.5 Å². The molecule has 20 heavy (non-hydrogen) atoms. The van der Waals surface area contributed by atoms with E-state index in [1.165, 1.54) is 0 Å². The third kappa shape index (κ3) is 3.33. The number of benzene rings is 2. The van der Waals surface area contributed by atoms with Crippen LogP contribution in [0.15, 0.2) is 40.9 Å². The van der Waals surface area contributed by atoms with Crippen LogP contribution in [0.1, 0.15) is 22.8 Å². The lowest BCUT2D eigenvalue weighted by molar-refractivity contribution is 0.221. The average Bonchev–Trinajstić information content (AvgIpc) is 2.43. The molecular weight excluding hydrogens is 342 g/mol. The van der Waals surface area contributed by atoms with E-state index in [-0.39, 0.29) is 6.61 Å². The minimum atomic E-state index is -0.848. The lowest BCUT2D eigenvalue weighted by Crippen LogP contribution is -2.07. The minimum Gasteiger partial charge on any atom is -0.398 e. The highest BCUT2D eigenvalue weighted by Crippen LogP contribution is 2.32. The molecule has 2 aromatic carbocycles. The lowest BCUT2D eigenvalue weighted by Gasteiger charge is -2.17. The van der Waals surface area contributed by atoms with Gasteiger partial charge in [0.05, 0.1) is 0 Å². The Labute approximate surface area is 131 Å². The van der Waals surface area contributed by atoms with Crippen LogP contribution in [-0.2, 0) is 6.42 Å². The van der Waals surface area contributed by atoms with Crippen LogP contribution in [0.4, 0.5) is 5.69 Å². The van der Waals surface area contributed by atoms with Gasteiger partial charge in [-0.25, -0.2) is 0 Å². The van der Waals surface area contributed by atoms with Gasteiger partial charge in [-0.3, -0.25) is 0 Å². The first-order chi connectivity index (χ1) is 9.52. The third-order valence-corrected chi connectivity index (χ3v) is 3.87. The van der Waals surface area contributed by atoms with Gasteiger partial charge < -0.3 is 15.9 Å². The van der Waals surface area contributed by atoms with Crippen LogP contribution >= 0.6 is 27.5 Å². The smallest absolute Gasteiger partial charge is 0.106 e. The maximum absolute atomic E-state index is 10.5. The molecule has 2 rings (SSSR count). The van der Waals surface area contributed by atoms with E-state index >= 15 is 0 Å². The number of anilines is 1. The van der Waals surface area contributed by atoms with Crippen molar-refractivity contribution in [2.45, 2.75) is 12.5 Å². The van der Waals surface area contributed by atoms with Crippen LogP contribution in [0, 0.1) is 0 Å². The minimum absolute atomic E-state index is 0.0155. The van der Waals surface area contributed by atoms with Crippen molar-refractivity contribution in [3.63, 3.8) is 0 Å². The number of hydrogen-bond acceptors (Lipinski definition) is 3. The molecule has 0 bridgehead atoms. The summed E-state index contributed by atoms with van der Waals surface area (Å²) in [6, 6.07) is 10.7. The Morgan fingerprint density at radius 3 is 2.45 bits per heavy atom. The maximum atomic E-state index is 10.5. The van der Waals surface area contributed by atoms with Gasteiger partial charge in [-0.2, -0.15) is 0 Å². The summed E-state index contributed by atoms with van der Waals surface area (Å²) in [6.07, 6.45) is -0.439. The van der Waals surface area contributed by atoms with Gasteiger partial charge in [0.15, 0.2) is 0 Å². The van der Waals surface area contributed by atoms with Crippen molar-refractivity contribution in [2.24, 2.45) is 0 Å². The predicted molar refractivity (Wildman–Crippen MR) is 84.9 cm³/mol. The standard InChI is InChI=1S/C15H15BrClNO2/c16-11-3-1-9(2-4-11)15(20)13-8-12(17)7-10(5-6-19)14(13)18/h1-4,7-8,15,19-20H,5-6,18H2. The van der Waals surface area contributed by atoms with E-state index in [0.29, 0.717) is 22.7 Å². The Morgan fingerprint density at radius 1 is 1.20 bits per heavy atom. The molecular formula is C15H15BrClNO2. The molecule has 0 amide bonds. The van der Waals surface area contributed by atoms with E-state index in [1.807, 2.05) is 24.3 Å². The van der Waals surface area contributed by atoms with E-state index in [1.54, 1.807) is 12.1 Å². The van der Waals surface area contributed by atoms with Crippen molar-refractivity contribution in [2.75, 3.05) is 12.3 Å². The number of halogens is 2. The molecule has 0 saturated carbocycles. The molecule has 0 fully saturated rings. The number of aliphatic hydroxyl groups is 2. The molecule has 2 aromatic rings. The highest BCUT2D eigenvalue weighted by molar-refractivity contribution is 9.10. The van der Waals surface area contributed by atoms with Gasteiger partial charge >= 0.3 is 0 Å². The summed E-state index contributed by atoms with van der Waals surface area (Å²) in [6.45, 7) is -0.0155. The highest BCUT2D eigenvalue weighted by Gasteiger charge is 2.16. The van der Waals surface area contributed by atoms with Gasteiger partial charge in [-0.15, -0.1) is 0 Å². The SMILES string of the molecule is Nc1c(CCO)cc(Cl)cc1C(O)c1ccc(Br)cc1. The van der Waals surface area contributed by atoms with Crippen LogP contribution in [0.5, 0.6) is 0 Å². The quantitative estimate of drug-likeness (QED) is 0.736. The molecule has 0 spiro atoms. The van der Waals surface area contributed by atoms with Gasteiger partial charge in [0, 0.05) is 27.4 Å². The fourth-order valence-electron chi connectivity index (χ4n) is 2.08. The Hall–Kier alpha value is -1.07. The van der Waals surface area contributed by atoms with Crippen LogP contribution in [0.2, 0.25) is 5.02 Å². The molecule has 0 saturated heterocycles. The van der Waals surface area contributed by atoms with Crippen molar-refractivity contribution in [3.05, 3.63) is 62.6 Å². The average molecular weight is 357 g/mol. The van der Waals surface area contributed by atoms with Gasteiger partial charge in [0.1, 0.15) is 6.10 Å². The first-order valence-corrected chi connectivity index (χ1v) is 7.32. The number of nitrogens with two attached hydrogens (primary N) is 1. The Balaban J connectivity index is 2.43. The molecule has 3 nitrogen and oxygen atoms in total. The van der Waals surface area contributed by atoms with Gasteiger partial charge in [-0.05, 0) is 41.8 Å². The molecule has 5 heteroatoms. The second kappa shape index (κ2) is 6.59. The zero-order chi connectivity index (χ0) is 14.7. The molecule has 0 aliphatic carbocycles. The summed E-state index contributed by atoms with van der Waals surface area (Å²) in [5.41, 5.74) is 8.57. The highest BCUT2D eigenvalue weighted by atomic mass is 79.9. The monoisotopic (exact) mass is 355 g/mol. The summed E-state index contributed by atoms with van der Waals surface area (Å²) in [7, 11) is 0. The number of aliphatic hydroxyl groups excluding tert-OH is 2. The van der Waals surface area contributed by atoms with Gasteiger partial charge in [-0.1, -0.05) is 39.7 Å². The van der Waals surface area contributed by atoms with E-state index in [0.717, 1.165) is 15.6 Å². The van der Waals surface area contributed by atoms with Crippen LogP contribution < -0.4 is 5.73 Å². The summed E-state index contributed by atoms with van der Waals surface area (Å²) in [4.78, 5) is 0. The second-order valence-electron chi connectivity index (χ2n) is 4.50. The van der Waals surface area contributed by atoms with Crippen molar-refractivity contribution in [1.29, 1.82) is 0 Å². The van der Waals surface area contributed by atoms with Crippen molar-refractivity contribution >= 4 is 33.2 Å². The fraction of sp³-hybridized carbons (Fsp3) is 0.200. The fourth-order valence-corrected chi connectivity index (χ4v) is 2.59.